The predicted octanol–water partition coefficient (Wildman–Crippen LogP) is 4.75. The van der Waals surface area contributed by atoms with Gasteiger partial charge in [0.1, 0.15) is 5.76 Å². The van der Waals surface area contributed by atoms with Gasteiger partial charge >= 0.3 is 0 Å². The van der Waals surface area contributed by atoms with Crippen molar-refractivity contribution in [1.82, 2.24) is 10.6 Å². The molecule has 8 heteroatoms. The lowest BCUT2D eigenvalue weighted by molar-refractivity contribution is -0.114. The highest BCUT2D eigenvalue weighted by Gasteiger charge is 2.12. The number of carbonyl (C=O) groups is 3. The van der Waals surface area contributed by atoms with Crippen molar-refractivity contribution < 1.29 is 18.8 Å². The molecule has 0 aliphatic rings. The summed E-state index contributed by atoms with van der Waals surface area (Å²) in [5, 5.41) is 11.6. The van der Waals surface area contributed by atoms with E-state index in [1.54, 1.807) is 66.9 Å². The molecule has 1 unspecified atom stereocenters. The van der Waals surface area contributed by atoms with E-state index in [0.29, 0.717) is 34.8 Å². The molecule has 0 fully saturated rings. The van der Waals surface area contributed by atoms with Crippen molar-refractivity contribution in [2.24, 2.45) is 0 Å². The first-order chi connectivity index (χ1) is 18.0. The van der Waals surface area contributed by atoms with Gasteiger partial charge < -0.3 is 25.7 Å². The average molecular weight is 497 g/mol. The van der Waals surface area contributed by atoms with Crippen molar-refractivity contribution in [2.45, 2.75) is 19.5 Å². The molecule has 4 N–H and O–H groups in total. The molecule has 1 atom stereocenters. The molecule has 8 nitrogen and oxygen atoms in total. The number of amides is 3. The van der Waals surface area contributed by atoms with Gasteiger partial charge in [0, 0.05) is 22.5 Å². The summed E-state index contributed by atoms with van der Waals surface area (Å²) in [4.78, 5) is 37.4. The molecule has 0 saturated heterocycles. The van der Waals surface area contributed by atoms with E-state index in [1.807, 2.05) is 37.3 Å². The quantitative estimate of drug-likeness (QED) is 0.253. The Morgan fingerprint density at radius 3 is 2.30 bits per heavy atom. The van der Waals surface area contributed by atoms with Crippen molar-refractivity contribution in [2.75, 3.05) is 17.2 Å². The normalized spacial score (nSPS) is 11.3. The molecule has 0 radical (unpaired) electrons. The molecule has 0 aliphatic heterocycles. The highest BCUT2D eigenvalue weighted by molar-refractivity contribution is 5.98. The molecule has 0 aliphatic carbocycles. The number of furan rings is 1. The van der Waals surface area contributed by atoms with Crippen molar-refractivity contribution in [1.29, 1.82) is 0 Å². The predicted molar refractivity (Wildman–Crippen MR) is 142 cm³/mol. The lowest BCUT2D eigenvalue weighted by Crippen LogP contribution is -2.27. The summed E-state index contributed by atoms with van der Waals surface area (Å²) in [5.41, 5.74) is 3.18. The van der Waals surface area contributed by atoms with Gasteiger partial charge in [-0.2, -0.15) is 0 Å². The summed E-state index contributed by atoms with van der Waals surface area (Å²) in [5.74, 6) is -0.0392. The minimum Gasteiger partial charge on any atom is -0.467 e. The lowest BCUT2D eigenvalue weighted by atomic mass is 10.1. The van der Waals surface area contributed by atoms with E-state index in [9.17, 15) is 14.4 Å². The summed E-state index contributed by atoms with van der Waals surface area (Å²) < 4.78 is 5.20. The van der Waals surface area contributed by atoms with Gasteiger partial charge in [-0.1, -0.05) is 36.4 Å². The lowest BCUT2D eigenvalue weighted by Gasteiger charge is -2.15. The molecule has 37 heavy (non-hydrogen) atoms. The molecule has 0 bridgehead atoms. The largest absolute Gasteiger partial charge is 0.467 e. The Morgan fingerprint density at radius 1 is 0.784 bits per heavy atom. The van der Waals surface area contributed by atoms with E-state index in [2.05, 4.69) is 21.3 Å². The Labute approximate surface area is 215 Å². The number of anilines is 2. The van der Waals surface area contributed by atoms with Crippen LogP contribution in [0, 0.1) is 0 Å². The van der Waals surface area contributed by atoms with E-state index >= 15 is 0 Å². The van der Waals surface area contributed by atoms with Crippen LogP contribution in [0.3, 0.4) is 0 Å². The Morgan fingerprint density at radius 2 is 1.57 bits per heavy atom. The van der Waals surface area contributed by atoms with Crippen LogP contribution in [0.5, 0.6) is 0 Å². The van der Waals surface area contributed by atoms with Gasteiger partial charge in [-0.25, -0.2) is 0 Å². The fourth-order valence-electron chi connectivity index (χ4n) is 3.65. The van der Waals surface area contributed by atoms with Crippen LogP contribution in [0.25, 0.3) is 0 Å². The third kappa shape index (κ3) is 7.32. The highest BCUT2D eigenvalue weighted by atomic mass is 16.3. The SMILES string of the molecule is CC(NC(=O)c1cccc(NC(=O)CNc2ccc(C(=O)NCc3ccco3)cc2)c1)c1ccccc1. The van der Waals surface area contributed by atoms with Crippen LogP contribution >= 0.6 is 0 Å². The molecule has 4 rings (SSSR count). The smallest absolute Gasteiger partial charge is 0.251 e. The second-order valence-corrected chi connectivity index (χ2v) is 8.43. The number of hydrogen-bond acceptors (Lipinski definition) is 5. The molecule has 4 aromatic rings. The van der Waals surface area contributed by atoms with Crippen molar-refractivity contribution in [3.05, 3.63) is 120 Å². The Bertz CT molecular complexity index is 1340. The summed E-state index contributed by atoms with van der Waals surface area (Å²) >= 11 is 0. The van der Waals surface area contributed by atoms with E-state index < -0.39 is 0 Å². The second kappa shape index (κ2) is 12.2. The second-order valence-electron chi connectivity index (χ2n) is 8.43. The molecule has 188 valence electrons. The van der Waals surface area contributed by atoms with Crippen LogP contribution < -0.4 is 21.3 Å². The van der Waals surface area contributed by atoms with E-state index in [1.165, 1.54) is 0 Å². The number of carbonyl (C=O) groups excluding carboxylic acids is 3. The number of rotatable bonds is 10. The van der Waals surface area contributed by atoms with Crippen LogP contribution in [0.15, 0.2) is 102 Å². The topological polar surface area (TPSA) is 112 Å². The Balaban J connectivity index is 1.25. The highest BCUT2D eigenvalue weighted by Crippen LogP contribution is 2.15. The van der Waals surface area contributed by atoms with Gasteiger partial charge in [0.25, 0.3) is 11.8 Å². The maximum atomic E-state index is 12.7. The molecular weight excluding hydrogens is 468 g/mol. The van der Waals surface area contributed by atoms with Crippen molar-refractivity contribution in [3.8, 4) is 0 Å². The van der Waals surface area contributed by atoms with Crippen LogP contribution in [0.4, 0.5) is 11.4 Å². The molecule has 1 aromatic heterocycles. The maximum Gasteiger partial charge on any atom is 0.251 e. The fourth-order valence-corrected chi connectivity index (χ4v) is 3.65. The maximum absolute atomic E-state index is 12.7. The van der Waals surface area contributed by atoms with Crippen LogP contribution in [-0.4, -0.2) is 24.3 Å². The fraction of sp³-hybridized carbons (Fsp3) is 0.138. The Hall–Kier alpha value is -4.85. The standard InChI is InChI=1S/C29H28N4O4/c1-20(21-7-3-2-4-8-21)32-29(36)23-9-5-10-25(17-23)33-27(34)19-30-24-14-12-22(13-15-24)28(35)31-18-26-11-6-16-37-26/h2-17,20,30H,18-19H2,1H3,(H,31,35)(H,32,36)(H,33,34). The van der Waals surface area contributed by atoms with Gasteiger partial charge in [0.05, 0.1) is 25.4 Å². The summed E-state index contributed by atoms with van der Waals surface area (Å²) in [7, 11) is 0. The minimum atomic E-state index is -0.268. The minimum absolute atomic E-state index is 0.0193. The van der Waals surface area contributed by atoms with Crippen molar-refractivity contribution in [3.63, 3.8) is 0 Å². The van der Waals surface area contributed by atoms with Gasteiger partial charge in [0.15, 0.2) is 0 Å². The van der Waals surface area contributed by atoms with Crippen molar-refractivity contribution >= 4 is 29.1 Å². The van der Waals surface area contributed by atoms with Crippen LogP contribution in [0.2, 0.25) is 0 Å². The first kappa shape index (κ1) is 25.2. The molecule has 0 spiro atoms. The Kier molecular flexibility index (Phi) is 8.33. The van der Waals surface area contributed by atoms with E-state index in [0.717, 1.165) is 5.56 Å². The van der Waals surface area contributed by atoms with Gasteiger partial charge in [-0.3, -0.25) is 14.4 Å². The van der Waals surface area contributed by atoms with E-state index in [-0.39, 0.29) is 30.3 Å². The first-order valence-electron chi connectivity index (χ1n) is 11.9. The summed E-state index contributed by atoms with van der Waals surface area (Å²) in [6.07, 6.45) is 1.55. The van der Waals surface area contributed by atoms with E-state index in [4.69, 9.17) is 4.42 Å². The number of hydrogen-bond donors (Lipinski definition) is 4. The zero-order valence-electron chi connectivity index (χ0n) is 20.4. The molecule has 0 saturated carbocycles. The summed E-state index contributed by atoms with van der Waals surface area (Å²) in [6.45, 7) is 2.25. The average Bonchev–Trinajstić information content (AvgIpc) is 3.45. The molecule has 3 amide bonds. The third-order valence-electron chi connectivity index (χ3n) is 5.66. The zero-order valence-corrected chi connectivity index (χ0v) is 20.4. The summed E-state index contributed by atoms with van der Waals surface area (Å²) in [6, 6.07) is 26.7. The monoisotopic (exact) mass is 496 g/mol. The van der Waals surface area contributed by atoms with Gasteiger partial charge in [0.2, 0.25) is 5.91 Å². The van der Waals surface area contributed by atoms with Crippen LogP contribution in [-0.2, 0) is 11.3 Å². The molecular formula is C29H28N4O4. The van der Waals surface area contributed by atoms with Crippen LogP contribution in [0.1, 0.15) is 45.0 Å². The number of benzene rings is 3. The zero-order chi connectivity index (χ0) is 26.0. The van der Waals surface area contributed by atoms with Gasteiger partial charge in [-0.15, -0.1) is 0 Å². The molecule has 3 aromatic carbocycles. The van der Waals surface area contributed by atoms with Gasteiger partial charge in [-0.05, 0) is 67.1 Å². The number of nitrogens with one attached hydrogen (secondary N) is 4. The molecule has 1 heterocycles. The third-order valence-corrected chi connectivity index (χ3v) is 5.66. The first-order valence-corrected chi connectivity index (χ1v) is 11.9.